The average molecular weight is 264 g/mol. The first kappa shape index (κ1) is 13.8. The van der Waals surface area contributed by atoms with Crippen molar-refractivity contribution in [3.8, 4) is 0 Å². The molecule has 1 fully saturated rings. The van der Waals surface area contributed by atoms with Gasteiger partial charge in [-0.15, -0.1) is 0 Å². The fraction of sp³-hybridized carbons (Fsp3) is 0.571. The van der Waals surface area contributed by atoms with Crippen LogP contribution in [0.25, 0.3) is 0 Å². The van der Waals surface area contributed by atoms with E-state index in [2.05, 4.69) is 0 Å². The van der Waals surface area contributed by atoms with Crippen LogP contribution in [0.4, 0.5) is 0 Å². The number of aliphatic hydroxyl groups excluding tert-OH is 1. The predicted octanol–water partition coefficient (Wildman–Crippen LogP) is 0.612. The van der Waals surface area contributed by atoms with E-state index in [1.54, 1.807) is 23.2 Å². The quantitative estimate of drug-likeness (QED) is 0.819. The molecule has 5 heteroatoms. The van der Waals surface area contributed by atoms with Crippen LogP contribution in [-0.2, 0) is 11.3 Å². The molecule has 0 unspecified atom stereocenters. The fourth-order valence-corrected chi connectivity index (χ4v) is 2.32. The van der Waals surface area contributed by atoms with Crippen LogP contribution in [0.15, 0.2) is 29.2 Å². The molecule has 0 saturated heterocycles. The molecule has 1 aromatic heterocycles. The Hall–Kier alpha value is -1.62. The van der Waals surface area contributed by atoms with Crippen molar-refractivity contribution in [1.29, 1.82) is 0 Å². The molecule has 0 aromatic carbocycles. The lowest BCUT2D eigenvalue weighted by Gasteiger charge is -2.37. The van der Waals surface area contributed by atoms with Crippen molar-refractivity contribution in [3.05, 3.63) is 34.7 Å². The van der Waals surface area contributed by atoms with Gasteiger partial charge in [-0.2, -0.15) is 0 Å². The average Bonchev–Trinajstić information content (AvgIpc) is 2.35. The number of aryl methyl sites for hydroxylation is 1. The summed E-state index contributed by atoms with van der Waals surface area (Å²) in [6, 6.07) is 5.24. The van der Waals surface area contributed by atoms with E-state index in [4.69, 9.17) is 5.11 Å². The Labute approximate surface area is 112 Å². The number of aromatic nitrogens is 1. The molecular weight excluding hydrogens is 244 g/mol. The van der Waals surface area contributed by atoms with Crippen LogP contribution in [0.2, 0.25) is 0 Å². The minimum Gasteiger partial charge on any atom is -0.395 e. The number of hydrogen-bond donors (Lipinski definition) is 1. The van der Waals surface area contributed by atoms with E-state index in [9.17, 15) is 9.59 Å². The van der Waals surface area contributed by atoms with Gasteiger partial charge in [-0.3, -0.25) is 9.59 Å². The molecule has 1 aliphatic carbocycles. The van der Waals surface area contributed by atoms with E-state index in [1.165, 1.54) is 10.6 Å². The van der Waals surface area contributed by atoms with Crippen molar-refractivity contribution in [2.24, 2.45) is 0 Å². The van der Waals surface area contributed by atoms with E-state index in [0.29, 0.717) is 19.5 Å². The molecule has 1 amide bonds. The fourth-order valence-electron chi connectivity index (χ4n) is 2.32. The maximum Gasteiger partial charge on any atom is 0.250 e. The second kappa shape index (κ2) is 6.52. The summed E-state index contributed by atoms with van der Waals surface area (Å²) in [6.07, 6.45) is 5.20. The standard InChI is InChI=1S/C14H20N2O3/c17-11-10-16(12-4-3-5-12)14(19)7-9-15-8-2-1-6-13(15)18/h1-2,6,8,12,17H,3-5,7,9-11H2. The van der Waals surface area contributed by atoms with Gasteiger partial charge in [0.2, 0.25) is 5.91 Å². The molecule has 1 saturated carbocycles. The van der Waals surface area contributed by atoms with Gasteiger partial charge in [0, 0.05) is 37.8 Å². The molecule has 0 radical (unpaired) electrons. The summed E-state index contributed by atoms with van der Waals surface area (Å²) >= 11 is 0. The number of pyridine rings is 1. The van der Waals surface area contributed by atoms with Crippen LogP contribution >= 0.6 is 0 Å². The third-order valence-electron chi connectivity index (χ3n) is 3.64. The third kappa shape index (κ3) is 3.44. The number of rotatable bonds is 6. The summed E-state index contributed by atoms with van der Waals surface area (Å²) in [5, 5.41) is 9.03. The van der Waals surface area contributed by atoms with Crippen molar-refractivity contribution in [2.75, 3.05) is 13.2 Å². The maximum absolute atomic E-state index is 12.2. The second-order valence-corrected chi connectivity index (χ2v) is 4.88. The van der Waals surface area contributed by atoms with Gasteiger partial charge < -0.3 is 14.6 Å². The first-order chi connectivity index (χ1) is 9.22. The Morgan fingerprint density at radius 1 is 1.42 bits per heavy atom. The van der Waals surface area contributed by atoms with Crippen molar-refractivity contribution < 1.29 is 9.90 Å². The monoisotopic (exact) mass is 264 g/mol. The predicted molar refractivity (Wildman–Crippen MR) is 71.8 cm³/mol. The smallest absolute Gasteiger partial charge is 0.250 e. The highest BCUT2D eigenvalue weighted by Gasteiger charge is 2.27. The van der Waals surface area contributed by atoms with Crippen LogP contribution < -0.4 is 5.56 Å². The number of carbonyl (C=O) groups is 1. The number of aliphatic hydroxyl groups is 1. The Kier molecular flexibility index (Phi) is 4.74. The largest absolute Gasteiger partial charge is 0.395 e. The topological polar surface area (TPSA) is 62.5 Å². The summed E-state index contributed by atoms with van der Waals surface area (Å²) < 4.78 is 1.54. The minimum atomic E-state index is -0.0901. The number of hydrogen-bond acceptors (Lipinski definition) is 3. The zero-order valence-corrected chi connectivity index (χ0v) is 11.0. The van der Waals surface area contributed by atoms with E-state index in [-0.39, 0.29) is 24.1 Å². The van der Waals surface area contributed by atoms with Gasteiger partial charge in [0.25, 0.3) is 5.56 Å². The first-order valence-electron chi connectivity index (χ1n) is 6.78. The highest BCUT2D eigenvalue weighted by Crippen LogP contribution is 2.25. The summed E-state index contributed by atoms with van der Waals surface area (Å²) in [4.78, 5) is 25.4. The van der Waals surface area contributed by atoms with E-state index >= 15 is 0 Å². The summed E-state index contributed by atoms with van der Waals surface area (Å²) in [7, 11) is 0. The lowest BCUT2D eigenvalue weighted by molar-refractivity contribution is -0.136. The van der Waals surface area contributed by atoms with Gasteiger partial charge in [-0.25, -0.2) is 0 Å². The molecule has 2 rings (SSSR count). The van der Waals surface area contributed by atoms with E-state index < -0.39 is 0 Å². The highest BCUT2D eigenvalue weighted by atomic mass is 16.3. The van der Waals surface area contributed by atoms with E-state index in [0.717, 1.165) is 19.3 Å². The van der Waals surface area contributed by atoms with Gasteiger partial charge in [0.1, 0.15) is 0 Å². The Balaban J connectivity index is 1.92. The van der Waals surface area contributed by atoms with Crippen LogP contribution in [-0.4, -0.2) is 39.7 Å². The summed E-state index contributed by atoms with van der Waals surface area (Å²) in [5.74, 6) is 0.0227. The lowest BCUT2D eigenvalue weighted by atomic mass is 9.91. The maximum atomic E-state index is 12.2. The van der Waals surface area contributed by atoms with Gasteiger partial charge >= 0.3 is 0 Å². The number of nitrogens with zero attached hydrogens (tertiary/aromatic N) is 2. The molecular formula is C14H20N2O3. The SMILES string of the molecule is O=C(CCn1ccccc1=O)N(CCO)C1CCC1. The zero-order valence-electron chi connectivity index (χ0n) is 11.0. The highest BCUT2D eigenvalue weighted by molar-refractivity contribution is 5.76. The molecule has 0 bridgehead atoms. The molecule has 1 aromatic rings. The normalized spacial score (nSPS) is 15.0. The number of carbonyl (C=O) groups excluding carboxylic acids is 1. The zero-order chi connectivity index (χ0) is 13.7. The van der Waals surface area contributed by atoms with Crippen molar-refractivity contribution >= 4 is 5.91 Å². The van der Waals surface area contributed by atoms with Crippen molar-refractivity contribution in [2.45, 2.75) is 38.3 Å². The molecule has 1 aliphatic rings. The first-order valence-corrected chi connectivity index (χ1v) is 6.78. The summed E-state index contributed by atoms with van der Waals surface area (Å²) in [6.45, 7) is 0.786. The Morgan fingerprint density at radius 2 is 2.21 bits per heavy atom. The minimum absolute atomic E-state index is 0.00642. The number of amides is 1. The van der Waals surface area contributed by atoms with Gasteiger partial charge in [0.15, 0.2) is 0 Å². The molecule has 0 aliphatic heterocycles. The summed E-state index contributed by atoms with van der Waals surface area (Å²) in [5.41, 5.74) is -0.0901. The molecule has 1 heterocycles. The van der Waals surface area contributed by atoms with Crippen molar-refractivity contribution in [3.63, 3.8) is 0 Å². The Morgan fingerprint density at radius 3 is 2.79 bits per heavy atom. The second-order valence-electron chi connectivity index (χ2n) is 4.88. The third-order valence-corrected chi connectivity index (χ3v) is 3.64. The van der Waals surface area contributed by atoms with Crippen LogP contribution in [0.3, 0.4) is 0 Å². The van der Waals surface area contributed by atoms with Gasteiger partial charge in [0.05, 0.1) is 6.61 Å². The molecule has 104 valence electrons. The van der Waals surface area contributed by atoms with Gasteiger partial charge in [-0.1, -0.05) is 6.07 Å². The molecule has 0 spiro atoms. The van der Waals surface area contributed by atoms with E-state index in [1.807, 2.05) is 0 Å². The van der Waals surface area contributed by atoms with Crippen LogP contribution in [0.1, 0.15) is 25.7 Å². The molecule has 0 atom stereocenters. The molecule has 1 N–H and O–H groups in total. The van der Waals surface area contributed by atoms with Gasteiger partial charge in [-0.05, 0) is 25.3 Å². The Bertz CT molecular complexity index is 480. The van der Waals surface area contributed by atoms with Crippen LogP contribution in [0.5, 0.6) is 0 Å². The lowest BCUT2D eigenvalue weighted by Crippen LogP contribution is -2.46. The van der Waals surface area contributed by atoms with Crippen molar-refractivity contribution in [1.82, 2.24) is 9.47 Å². The molecule has 5 nitrogen and oxygen atoms in total. The van der Waals surface area contributed by atoms with Crippen LogP contribution in [0, 0.1) is 0 Å². The molecule has 19 heavy (non-hydrogen) atoms.